The van der Waals surface area contributed by atoms with Gasteiger partial charge in [0, 0.05) is 24.8 Å². The quantitative estimate of drug-likeness (QED) is 0.341. The summed E-state index contributed by atoms with van der Waals surface area (Å²) in [6.07, 6.45) is 6.16. The van der Waals surface area contributed by atoms with Crippen molar-refractivity contribution in [2.75, 3.05) is 32.9 Å². The van der Waals surface area contributed by atoms with Gasteiger partial charge in [0.05, 0.1) is 43.4 Å². The highest BCUT2D eigenvalue weighted by Crippen LogP contribution is 2.33. The first kappa shape index (κ1) is 24.1. The monoisotopic (exact) mass is 516 g/mol. The van der Waals surface area contributed by atoms with Crippen LogP contribution >= 0.6 is 0 Å². The molecule has 4 aromatic rings. The van der Waals surface area contributed by atoms with Crippen LogP contribution in [0.1, 0.15) is 40.6 Å². The van der Waals surface area contributed by atoms with Gasteiger partial charge in [-0.3, -0.25) is 9.69 Å². The van der Waals surface area contributed by atoms with Crippen LogP contribution in [0.3, 0.4) is 0 Å². The van der Waals surface area contributed by atoms with Gasteiger partial charge in [0.2, 0.25) is 5.78 Å². The predicted octanol–water partition coefficient (Wildman–Crippen LogP) is 2.60. The molecule has 12 heteroatoms. The molecule has 2 aliphatic rings. The minimum absolute atomic E-state index is 0.0854. The average molecular weight is 517 g/mol. The van der Waals surface area contributed by atoms with Crippen LogP contribution in [0.15, 0.2) is 36.8 Å². The number of nitrogens with zero attached hydrogens (tertiary/aromatic N) is 8. The van der Waals surface area contributed by atoms with Crippen molar-refractivity contribution < 1.29 is 18.7 Å². The second-order valence-corrected chi connectivity index (χ2v) is 9.56. The van der Waals surface area contributed by atoms with Gasteiger partial charge in [0.1, 0.15) is 40.1 Å². The van der Waals surface area contributed by atoms with Gasteiger partial charge < -0.3 is 9.47 Å². The molecule has 0 saturated carbocycles. The number of hydrogen-bond donors (Lipinski definition) is 0. The molecule has 38 heavy (non-hydrogen) atoms. The number of likely N-dealkylation sites (tertiary alicyclic amines) is 1. The SMILES string of the molecule is Cc1c(-c2cc(OCC(=O)c3ccc(F)cn3)c3c(C#N)cnn3c2)nnn1C1CCN(C2COC2)CC1. The first-order valence-electron chi connectivity index (χ1n) is 12.4. The molecule has 4 aromatic heterocycles. The Bertz CT molecular complexity index is 1530. The molecule has 2 fully saturated rings. The summed E-state index contributed by atoms with van der Waals surface area (Å²) in [5, 5.41) is 22.8. The number of Topliss-reactive ketones (excluding diaryl/α,β-unsaturated/α-hetero) is 1. The summed E-state index contributed by atoms with van der Waals surface area (Å²) in [5.74, 6) is -0.651. The number of nitriles is 1. The van der Waals surface area contributed by atoms with Gasteiger partial charge in [-0.2, -0.15) is 10.4 Å². The van der Waals surface area contributed by atoms with Crippen molar-refractivity contribution in [1.29, 1.82) is 5.26 Å². The zero-order valence-electron chi connectivity index (χ0n) is 20.7. The van der Waals surface area contributed by atoms with Crippen LogP contribution in [0.25, 0.3) is 16.8 Å². The highest BCUT2D eigenvalue weighted by Gasteiger charge is 2.31. The molecule has 194 valence electrons. The van der Waals surface area contributed by atoms with E-state index in [1.807, 2.05) is 11.6 Å². The summed E-state index contributed by atoms with van der Waals surface area (Å²) < 4.78 is 27.9. The van der Waals surface area contributed by atoms with E-state index >= 15 is 0 Å². The fraction of sp³-hybridized carbons (Fsp3) is 0.385. The standard InChI is InChI=1S/C26H25FN8O3/c1-16-25(31-32-35(16)20-4-6-33(7-5-20)21-13-37-14-21)17-8-24(26-18(9-28)10-30-34(26)12-17)38-15-23(36)22-3-2-19(27)11-29-22/h2-3,8,10-12,20-21H,4-7,13-15H2,1H3. The first-order valence-corrected chi connectivity index (χ1v) is 12.4. The Labute approximate surface area is 217 Å². The number of aromatic nitrogens is 6. The summed E-state index contributed by atoms with van der Waals surface area (Å²) in [4.78, 5) is 18.9. The van der Waals surface area contributed by atoms with Gasteiger partial charge >= 0.3 is 0 Å². The van der Waals surface area contributed by atoms with Crippen molar-refractivity contribution in [3.05, 3.63) is 59.6 Å². The van der Waals surface area contributed by atoms with Gasteiger partial charge in [0.15, 0.2) is 6.61 Å². The number of ketones is 1. The number of fused-ring (bicyclic) bond motifs is 1. The smallest absolute Gasteiger partial charge is 0.218 e. The lowest BCUT2D eigenvalue weighted by molar-refractivity contribution is -0.0735. The van der Waals surface area contributed by atoms with E-state index in [2.05, 4.69) is 31.4 Å². The van der Waals surface area contributed by atoms with Gasteiger partial charge in [0.25, 0.3) is 0 Å². The molecule has 0 radical (unpaired) electrons. The molecule has 2 aliphatic heterocycles. The Morgan fingerprint density at radius 2 is 2.05 bits per heavy atom. The third kappa shape index (κ3) is 4.40. The first-order chi connectivity index (χ1) is 18.5. The molecule has 0 bridgehead atoms. The van der Waals surface area contributed by atoms with Crippen molar-refractivity contribution in [2.45, 2.75) is 31.8 Å². The maximum absolute atomic E-state index is 13.2. The highest BCUT2D eigenvalue weighted by atomic mass is 19.1. The number of pyridine rings is 2. The summed E-state index contributed by atoms with van der Waals surface area (Å²) in [5.41, 5.74) is 3.12. The average Bonchev–Trinajstić information content (AvgIpc) is 3.50. The van der Waals surface area contributed by atoms with Crippen LogP contribution in [-0.2, 0) is 4.74 Å². The Morgan fingerprint density at radius 3 is 2.74 bits per heavy atom. The normalized spacial score (nSPS) is 16.9. The van der Waals surface area contributed by atoms with Gasteiger partial charge in [-0.15, -0.1) is 5.10 Å². The fourth-order valence-corrected chi connectivity index (χ4v) is 5.05. The topological polar surface area (TPSA) is 123 Å². The number of carbonyl (C=O) groups excluding carboxylic acids is 1. The molecule has 0 aliphatic carbocycles. The highest BCUT2D eigenvalue weighted by molar-refractivity contribution is 5.95. The largest absolute Gasteiger partial charge is 0.483 e. The number of hydrogen-bond acceptors (Lipinski definition) is 9. The number of ether oxygens (including phenoxy) is 2. The minimum Gasteiger partial charge on any atom is -0.483 e. The van der Waals surface area contributed by atoms with Gasteiger partial charge in [-0.25, -0.2) is 18.6 Å². The van der Waals surface area contributed by atoms with Gasteiger partial charge in [-0.1, -0.05) is 5.21 Å². The number of carbonyl (C=O) groups is 1. The minimum atomic E-state index is -0.531. The van der Waals surface area contributed by atoms with Gasteiger partial charge in [-0.05, 0) is 38.0 Å². The molecule has 6 heterocycles. The zero-order chi connectivity index (χ0) is 26.2. The number of halogens is 1. The molecule has 2 saturated heterocycles. The Hall–Kier alpha value is -4.21. The molecular weight excluding hydrogens is 491 g/mol. The molecule has 0 aromatic carbocycles. The predicted molar refractivity (Wildman–Crippen MR) is 132 cm³/mol. The third-order valence-corrected chi connectivity index (χ3v) is 7.25. The van der Waals surface area contributed by atoms with E-state index < -0.39 is 11.6 Å². The Kier molecular flexibility index (Phi) is 6.30. The summed E-state index contributed by atoms with van der Waals surface area (Å²) >= 11 is 0. The van der Waals surface area contributed by atoms with E-state index in [9.17, 15) is 14.4 Å². The van der Waals surface area contributed by atoms with Crippen LogP contribution in [0.5, 0.6) is 5.75 Å². The Morgan fingerprint density at radius 1 is 1.24 bits per heavy atom. The molecule has 11 nitrogen and oxygen atoms in total. The summed E-state index contributed by atoms with van der Waals surface area (Å²) in [6.45, 7) is 5.27. The van der Waals surface area contributed by atoms with Crippen LogP contribution in [0.2, 0.25) is 0 Å². The lowest BCUT2D eigenvalue weighted by Gasteiger charge is -2.41. The van der Waals surface area contributed by atoms with Crippen molar-refractivity contribution in [2.24, 2.45) is 0 Å². The van der Waals surface area contributed by atoms with E-state index in [4.69, 9.17) is 9.47 Å². The van der Waals surface area contributed by atoms with Crippen LogP contribution in [-0.4, -0.2) is 79.2 Å². The molecule has 6 rings (SSSR count). The van der Waals surface area contributed by atoms with Crippen LogP contribution in [0, 0.1) is 24.1 Å². The molecule has 0 unspecified atom stereocenters. The van der Waals surface area contributed by atoms with Crippen molar-refractivity contribution in [3.63, 3.8) is 0 Å². The fourth-order valence-electron chi connectivity index (χ4n) is 5.05. The van der Waals surface area contributed by atoms with Crippen molar-refractivity contribution in [3.8, 4) is 23.1 Å². The van der Waals surface area contributed by atoms with E-state index in [0.717, 1.165) is 51.0 Å². The number of rotatable bonds is 7. The summed E-state index contributed by atoms with van der Waals surface area (Å²) in [6, 6.07) is 7.11. The van der Waals surface area contributed by atoms with E-state index in [0.29, 0.717) is 34.1 Å². The van der Waals surface area contributed by atoms with E-state index in [-0.39, 0.29) is 18.3 Å². The second kappa shape index (κ2) is 9.92. The zero-order valence-corrected chi connectivity index (χ0v) is 20.7. The maximum Gasteiger partial charge on any atom is 0.218 e. The molecular formula is C26H25FN8O3. The lowest BCUT2D eigenvalue weighted by atomic mass is 10.0. The van der Waals surface area contributed by atoms with Crippen LogP contribution in [0.4, 0.5) is 4.39 Å². The second-order valence-electron chi connectivity index (χ2n) is 9.56. The third-order valence-electron chi connectivity index (χ3n) is 7.25. The molecule has 0 atom stereocenters. The van der Waals surface area contributed by atoms with Crippen LogP contribution < -0.4 is 4.74 Å². The van der Waals surface area contributed by atoms with E-state index in [1.165, 1.54) is 18.3 Å². The molecule has 0 amide bonds. The van der Waals surface area contributed by atoms with Crippen molar-refractivity contribution in [1.82, 2.24) is 34.5 Å². The van der Waals surface area contributed by atoms with Crippen molar-refractivity contribution >= 4 is 11.3 Å². The molecule has 0 spiro atoms. The summed E-state index contributed by atoms with van der Waals surface area (Å²) in [7, 11) is 0. The maximum atomic E-state index is 13.2. The lowest BCUT2D eigenvalue weighted by Crippen LogP contribution is -2.52. The number of piperidine rings is 1. The van der Waals surface area contributed by atoms with E-state index in [1.54, 1.807) is 16.8 Å². The molecule has 0 N–H and O–H groups in total. The Balaban J connectivity index is 1.26.